The fourth-order valence-corrected chi connectivity index (χ4v) is 1.50. The molecule has 1 unspecified atom stereocenters. The summed E-state index contributed by atoms with van der Waals surface area (Å²) in [6.07, 6.45) is 17.1. The smallest absolute Gasteiger partial charge is 0.199 e. The lowest BCUT2D eigenvalue weighted by atomic mass is 10.3. The fraction of sp³-hybridized carbons (Fsp3) is 0.286. The highest BCUT2D eigenvalue weighted by Gasteiger charge is 2.20. The van der Waals surface area contributed by atoms with Gasteiger partial charge in [-0.3, -0.25) is 0 Å². The Morgan fingerprint density at radius 3 is 2.61 bits per heavy atom. The summed E-state index contributed by atoms with van der Waals surface area (Å²) in [7, 11) is 0. The van der Waals surface area contributed by atoms with E-state index in [0.717, 1.165) is 6.54 Å². The van der Waals surface area contributed by atoms with Crippen molar-refractivity contribution >= 4 is 12.5 Å². The summed E-state index contributed by atoms with van der Waals surface area (Å²) in [5.74, 6) is 0. The topological polar surface area (TPSA) is 30.2 Å². The van der Waals surface area contributed by atoms with Gasteiger partial charge in [-0.2, -0.15) is 0 Å². The summed E-state index contributed by atoms with van der Waals surface area (Å²) < 4.78 is 2.49. The minimum absolute atomic E-state index is 0.716. The molecule has 2 rings (SSSR count). The summed E-state index contributed by atoms with van der Waals surface area (Å²) in [5, 5.41) is 0. The fourth-order valence-electron chi connectivity index (χ4n) is 1.50. The number of imidazole rings is 1. The van der Waals surface area contributed by atoms with Gasteiger partial charge in [0.15, 0.2) is 6.34 Å². The summed E-state index contributed by atoms with van der Waals surface area (Å²) in [6, 6.07) is 0. The Hall–Kier alpha value is -1.94. The Bertz CT molecular complexity index is 403. The summed E-state index contributed by atoms with van der Waals surface area (Å²) in [6.45, 7) is 10.6. The van der Waals surface area contributed by atoms with Crippen LogP contribution >= 0.6 is 0 Å². The van der Waals surface area contributed by atoms with Crippen LogP contribution in [0.25, 0.3) is 6.20 Å². The average Bonchev–Trinajstić information content (AvgIpc) is 3.09. The molecule has 0 radical (unpaired) electrons. The zero-order valence-corrected chi connectivity index (χ0v) is 10.9. The molecular formula is C14H21N4+. The standard InChI is InChI=1S/C9H15N2.C5H6N2/c1-3-5-7-11(4-2)8-6-10-9-11;1-2-7-4-3-6-5-7/h4,6,8-9H,2-3,5,7H2,1H3;2-5H,1H2/q+1;. The van der Waals surface area contributed by atoms with Gasteiger partial charge in [-0.05, 0) is 13.0 Å². The van der Waals surface area contributed by atoms with E-state index in [1.807, 2.05) is 24.9 Å². The van der Waals surface area contributed by atoms with E-state index in [1.54, 1.807) is 23.3 Å². The molecule has 1 atom stereocenters. The van der Waals surface area contributed by atoms with E-state index in [9.17, 15) is 0 Å². The van der Waals surface area contributed by atoms with Crippen LogP contribution in [0.2, 0.25) is 0 Å². The van der Waals surface area contributed by atoms with Crippen LogP contribution in [0.3, 0.4) is 0 Å². The van der Waals surface area contributed by atoms with E-state index < -0.39 is 0 Å². The van der Waals surface area contributed by atoms with Crippen molar-refractivity contribution in [3.8, 4) is 0 Å². The lowest BCUT2D eigenvalue weighted by molar-refractivity contribution is -0.721. The molecule has 1 aromatic heterocycles. The van der Waals surface area contributed by atoms with E-state index in [4.69, 9.17) is 0 Å². The maximum atomic E-state index is 4.06. The van der Waals surface area contributed by atoms with Gasteiger partial charge in [-0.1, -0.05) is 19.9 Å². The van der Waals surface area contributed by atoms with Crippen molar-refractivity contribution in [3.05, 3.63) is 50.5 Å². The third-order valence-electron chi connectivity index (χ3n) is 2.69. The molecule has 2 heterocycles. The molecule has 0 fully saturated rings. The monoisotopic (exact) mass is 245 g/mol. The zero-order chi connectivity index (χ0) is 13.3. The van der Waals surface area contributed by atoms with Crippen molar-refractivity contribution in [3.63, 3.8) is 0 Å². The maximum Gasteiger partial charge on any atom is 0.199 e. The predicted octanol–water partition coefficient (Wildman–Crippen LogP) is 3.24. The van der Waals surface area contributed by atoms with Crippen LogP contribution in [-0.2, 0) is 0 Å². The van der Waals surface area contributed by atoms with Gasteiger partial charge in [-0.25, -0.2) is 14.5 Å². The number of aromatic nitrogens is 2. The van der Waals surface area contributed by atoms with Crippen molar-refractivity contribution in [1.82, 2.24) is 9.55 Å². The van der Waals surface area contributed by atoms with Crippen LogP contribution in [0.5, 0.6) is 0 Å². The first-order chi connectivity index (χ1) is 8.76. The van der Waals surface area contributed by atoms with Gasteiger partial charge in [0, 0.05) is 18.6 Å². The van der Waals surface area contributed by atoms with Crippen LogP contribution in [0, 0.1) is 0 Å². The van der Waals surface area contributed by atoms with Crippen molar-refractivity contribution in [2.75, 3.05) is 6.54 Å². The Balaban J connectivity index is 0.000000199. The highest BCUT2D eigenvalue weighted by atomic mass is 15.4. The van der Waals surface area contributed by atoms with Crippen LogP contribution in [0.4, 0.5) is 0 Å². The van der Waals surface area contributed by atoms with Gasteiger partial charge in [0.05, 0.1) is 25.3 Å². The normalized spacial score (nSPS) is 20.3. The Kier molecular flexibility index (Phi) is 5.80. The van der Waals surface area contributed by atoms with E-state index in [-0.39, 0.29) is 0 Å². The number of quaternary nitrogens is 1. The minimum Gasteiger partial charge on any atom is -0.314 e. The second-order valence-corrected chi connectivity index (χ2v) is 4.01. The second-order valence-electron chi connectivity index (χ2n) is 4.01. The van der Waals surface area contributed by atoms with Crippen LogP contribution < -0.4 is 0 Å². The van der Waals surface area contributed by atoms with Crippen LogP contribution in [-0.4, -0.2) is 26.9 Å². The molecule has 4 nitrogen and oxygen atoms in total. The van der Waals surface area contributed by atoms with Crippen molar-refractivity contribution < 1.29 is 4.48 Å². The van der Waals surface area contributed by atoms with E-state index in [1.165, 1.54) is 12.8 Å². The Labute approximate surface area is 109 Å². The predicted molar refractivity (Wildman–Crippen MR) is 76.5 cm³/mol. The molecule has 0 amide bonds. The SMILES string of the molecule is C=C[N+]1(CCCC)C=CN=C1.C=Cn1ccnc1. The van der Waals surface area contributed by atoms with Crippen LogP contribution in [0.1, 0.15) is 19.8 Å². The zero-order valence-electron chi connectivity index (χ0n) is 10.9. The molecule has 0 spiro atoms. The Morgan fingerprint density at radius 2 is 2.22 bits per heavy atom. The highest BCUT2D eigenvalue weighted by Crippen LogP contribution is 2.12. The molecule has 1 aliphatic rings. The van der Waals surface area contributed by atoms with Crippen molar-refractivity contribution in [2.24, 2.45) is 4.99 Å². The molecule has 96 valence electrons. The lowest BCUT2D eigenvalue weighted by Gasteiger charge is -2.21. The number of unbranched alkanes of at least 4 members (excludes halogenated alkanes) is 1. The first-order valence-electron chi connectivity index (χ1n) is 6.09. The van der Waals surface area contributed by atoms with Gasteiger partial charge >= 0.3 is 0 Å². The summed E-state index contributed by atoms with van der Waals surface area (Å²) in [5.41, 5.74) is 0. The molecule has 4 heteroatoms. The van der Waals surface area contributed by atoms with Crippen molar-refractivity contribution in [1.29, 1.82) is 0 Å². The number of nitrogens with zero attached hydrogens (tertiary/aromatic N) is 4. The van der Waals surface area contributed by atoms with Gasteiger partial charge in [0.1, 0.15) is 6.20 Å². The largest absolute Gasteiger partial charge is 0.314 e. The minimum atomic E-state index is 0.716. The molecule has 0 saturated heterocycles. The van der Waals surface area contributed by atoms with Gasteiger partial charge in [-0.15, -0.1) is 0 Å². The summed E-state index contributed by atoms with van der Waals surface area (Å²) >= 11 is 0. The summed E-state index contributed by atoms with van der Waals surface area (Å²) in [4.78, 5) is 7.84. The Morgan fingerprint density at radius 1 is 1.39 bits per heavy atom. The lowest BCUT2D eigenvalue weighted by Crippen LogP contribution is -2.34. The maximum absolute atomic E-state index is 4.06. The first kappa shape index (κ1) is 14.1. The molecule has 0 bridgehead atoms. The van der Waals surface area contributed by atoms with Crippen molar-refractivity contribution in [2.45, 2.75) is 19.8 Å². The third-order valence-corrected chi connectivity index (χ3v) is 2.69. The van der Waals surface area contributed by atoms with Crippen LogP contribution in [0.15, 0.2) is 55.5 Å². The van der Waals surface area contributed by atoms with Gasteiger partial charge in [0.2, 0.25) is 0 Å². The van der Waals surface area contributed by atoms with Gasteiger partial charge < -0.3 is 4.57 Å². The van der Waals surface area contributed by atoms with E-state index in [0.29, 0.717) is 4.48 Å². The molecular weight excluding hydrogens is 224 g/mol. The quantitative estimate of drug-likeness (QED) is 0.732. The number of hydrogen-bond acceptors (Lipinski definition) is 2. The van der Waals surface area contributed by atoms with E-state index >= 15 is 0 Å². The number of hydrogen-bond donors (Lipinski definition) is 0. The molecule has 1 aromatic rings. The van der Waals surface area contributed by atoms with E-state index in [2.05, 4.69) is 36.3 Å². The molecule has 0 aliphatic carbocycles. The molecule has 0 N–H and O–H groups in total. The molecule has 0 saturated carbocycles. The third kappa shape index (κ3) is 4.14. The molecule has 1 aliphatic heterocycles. The average molecular weight is 245 g/mol. The second kappa shape index (κ2) is 7.40. The molecule has 0 aromatic carbocycles. The number of rotatable bonds is 5. The number of aliphatic imine (C=N–C) groups is 1. The molecule has 18 heavy (non-hydrogen) atoms. The van der Waals surface area contributed by atoms with Gasteiger partial charge in [0.25, 0.3) is 0 Å². The highest BCUT2D eigenvalue weighted by molar-refractivity contribution is 5.51. The first-order valence-corrected chi connectivity index (χ1v) is 6.09.